The van der Waals surface area contributed by atoms with Crippen LogP contribution in [0.4, 0.5) is 0 Å². The molecule has 2 aromatic rings. The summed E-state index contributed by atoms with van der Waals surface area (Å²) in [6, 6.07) is 13.7. The van der Waals surface area contributed by atoms with Gasteiger partial charge < -0.3 is 10.2 Å². The minimum absolute atomic E-state index is 0.695. The molecule has 2 fully saturated rings. The Bertz CT molecular complexity index is 783. The minimum Gasteiger partial charge on any atom is -0.351 e. The maximum absolute atomic E-state index is 4.55. The van der Waals surface area contributed by atoms with Crippen LogP contribution in [0, 0.1) is 5.92 Å². The summed E-state index contributed by atoms with van der Waals surface area (Å²) in [6.07, 6.45) is 5.67. The Morgan fingerprint density at radius 3 is 2.79 bits per heavy atom. The number of hydrogen-bond acceptors (Lipinski definition) is 3. The van der Waals surface area contributed by atoms with E-state index in [1.54, 1.807) is 0 Å². The van der Waals surface area contributed by atoms with Crippen LogP contribution in [0.1, 0.15) is 30.5 Å². The van der Waals surface area contributed by atoms with Crippen LogP contribution in [0.25, 0.3) is 0 Å². The Labute approximate surface area is 168 Å². The predicted octanol–water partition coefficient (Wildman–Crippen LogP) is 2.48. The minimum atomic E-state index is 0.695. The number of aryl methyl sites for hydroxylation is 1. The highest BCUT2D eigenvalue weighted by Crippen LogP contribution is 2.31. The molecule has 2 saturated heterocycles. The van der Waals surface area contributed by atoms with E-state index in [9.17, 15) is 0 Å². The van der Waals surface area contributed by atoms with E-state index in [1.165, 1.54) is 37.1 Å². The van der Waals surface area contributed by atoms with Gasteiger partial charge in [0.15, 0.2) is 5.96 Å². The number of piperidine rings is 2. The molecule has 2 atom stereocenters. The first-order valence-corrected chi connectivity index (χ1v) is 10.4. The van der Waals surface area contributed by atoms with Crippen LogP contribution < -0.4 is 5.32 Å². The lowest BCUT2D eigenvalue weighted by Gasteiger charge is -2.48. The number of aromatic nitrogens is 2. The molecule has 0 saturated carbocycles. The SMILES string of the molecule is CN=C(NCc1ccnn1C)N1CCC2C(CCCN2Cc2ccccc2)C1. The Hall–Kier alpha value is -2.34. The molecular weight excluding hydrogens is 348 g/mol. The van der Waals surface area contributed by atoms with E-state index in [0.29, 0.717) is 6.04 Å². The fourth-order valence-electron chi connectivity index (χ4n) is 4.79. The van der Waals surface area contributed by atoms with E-state index in [2.05, 4.69) is 61.6 Å². The summed E-state index contributed by atoms with van der Waals surface area (Å²) in [6.45, 7) is 5.23. The molecule has 2 aliphatic heterocycles. The second kappa shape index (κ2) is 8.78. The summed E-state index contributed by atoms with van der Waals surface area (Å²) in [4.78, 5) is 9.72. The molecule has 0 radical (unpaired) electrons. The molecule has 6 heteroatoms. The zero-order chi connectivity index (χ0) is 19.3. The molecule has 6 nitrogen and oxygen atoms in total. The van der Waals surface area contributed by atoms with Gasteiger partial charge in [0.05, 0.1) is 12.2 Å². The highest BCUT2D eigenvalue weighted by Gasteiger charge is 2.36. The molecule has 1 N–H and O–H groups in total. The van der Waals surface area contributed by atoms with Crippen molar-refractivity contribution in [3.8, 4) is 0 Å². The van der Waals surface area contributed by atoms with Crippen molar-refractivity contribution < 1.29 is 0 Å². The van der Waals surface area contributed by atoms with Crippen molar-refractivity contribution in [3.05, 3.63) is 53.9 Å². The largest absolute Gasteiger partial charge is 0.351 e. The molecule has 150 valence electrons. The first kappa shape index (κ1) is 19.0. The Balaban J connectivity index is 1.36. The van der Waals surface area contributed by atoms with Crippen LogP contribution in [0.2, 0.25) is 0 Å². The van der Waals surface area contributed by atoms with E-state index in [0.717, 1.165) is 38.1 Å². The third kappa shape index (κ3) is 4.22. The maximum atomic E-state index is 4.55. The highest BCUT2D eigenvalue weighted by molar-refractivity contribution is 5.80. The average Bonchev–Trinajstić information content (AvgIpc) is 3.14. The van der Waals surface area contributed by atoms with Crippen molar-refractivity contribution in [1.82, 2.24) is 24.9 Å². The topological polar surface area (TPSA) is 48.7 Å². The lowest BCUT2D eigenvalue weighted by atomic mass is 9.83. The number of likely N-dealkylation sites (tertiary alicyclic amines) is 2. The number of benzene rings is 1. The van der Waals surface area contributed by atoms with E-state index >= 15 is 0 Å². The van der Waals surface area contributed by atoms with Crippen LogP contribution in [-0.2, 0) is 20.1 Å². The fourth-order valence-corrected chi connectivity index (χ4v) is 4.79. The van der Waals surface area contributed by atoms with Crippen LogP contribution in [0.5, 0.6) is 0 Å². The molecule has 2 aliphatic rings. The molecule has 2 unspecified atom stereocenters. The summed E-state index contributed by atoms with van der Waals surface area (Å²) in [5.74, 6) is 1.74. The monoisotopic (exact) mass is 380 g/mol. The van der Waals surface area contributed by atoms with Crippen LogP contribution in [-0.4, -0.2) is 58.3 Å². The van der Waals surface area contributed by atoms with Crippen LogP contribution in [0.15, 0.2) is 47.6 Å². The lowest BCUT2D eigenvalue weighted by Crippen LogP contribution is -2.56. The molecule has 1 aromatic carbocycles. The zero-order valence-electron chi connectivity index (χ0n) is 17.1. The maximum Gasteiger partial charge on any atom is 0.193 e. The smallest absolute Gasteiger partial charge is 0.193 e. The summed E-state index contributed by atoms with van der Waals surface area (Å²) in [5.41, 5.74) is 2.60. The first-order valence-electron chi connectivity index (χ1n) is 10.4. The number of fused-ring (bicyclic) bond motifs is 1. The van der Waals surface area contributed by atoms with Gasteiger partial charge in [0.2, 0.25) is 0 Å². The third-order valence-corrected chi connectivity index (χ3v) is 6.27. The molecule has 1 aromatic heterocycles. The Morgan fingerprint density at radius 1 is 1.18 bits per heavy atom. The van der Waals surface area contributed by atoms with Crippen molar-refractivity contribution in [2.45, 2.75) is 38.4 Å². The van der Waals surface area contributed by atoms with Gasteiger partial charge in [-0.15, -0.1) is 0 Å². The summed E-state index contributed by atoms with van der Waals surface area (Å²) < 4.78 is 1.91. The van der Waals surface area contributed by atoms with Crippen LogP contribution >= 0.6 is 0 Å². The Kier molecular flexibility index (Phi) is 5.95. The van der Waals surface area contributed by atoms with Gasteiger partial charge in [0.25, 0.3) is 0 Å². The van der Waals surface area contributed by atoms with Gasteiger partial charge in [-0.05, 0) is 43.4 Å². The van der Waals surface area contributed by atoms with Crippen molar-refractivity contribution in [3.63, 3.8) is 0 Å². The summed E-state index contributed by atoms with van der Waals surface area (Å²) in [7, 11) is 3.87. The van der Waals surface area contributed by atoms with Crippen molar-refractivity contribution in [2.75, 3.05) is 26.7 Å². The van der Waals surface area contributed by atoms with Gasteiger partial charge in [-0.1, -0.05) is 30.3 Å². The number of rotatable bonds is 4. The normalized spacial score (nSPS) is 23.5. The first-order chi connectivity index (χ1) is 13.7. The standard InChI is InChI=1S/C22H32N6/c1-23-22(24-15-20-10-12-25-26(20)2)28-14-11-21-19(17-28)9-6-13-27(21)16-18-7-4-3-5-8-18/h3-5,7-8,10,12,19,21H,6,9,11,13-17H2,1-2H3,(H,23,24). The van der Waals surface area contributed by atoms with Gasteiger partial charge in [-0.25, -0.2) is 0 Å². The molecule has 28 heavy (non-hydrogen) atoms. The number of hydrogen-bond donors (Lipinski definition) is 1. The van der Waals surface area contributed by atoms with Crippen molar-refractivity contribution in [2.24, 2.45) is 18.0 Å². The van der Waals surface area contributed by atoms with E-state index < -0.39 is 0 Å². The molecule has 0 spiro atoms. The average molecular weight is 381 g/mol. The number of aliphatic imine (C=N–C) groups is 1. The van der Waals surface area contributed by atoms with Crippen LogP contribution in [0.3, 0.4) is 0 Å². The quantitative estimate of drug-likeness (QED) is 0.654. The van der Waals surface area contributed by atoms with E-state index in [4.69, 9.17) is 0 Å². The van der Waals surface area contributed by atoms with E-state index in [-0.39, 0.29) is 0 Å². The predicted molar refractivity (Wildman–Crippen MR) is 113 cm³/mol. The molecule has 0 aliphatic carbocycles. The Morgan fingerprint density at radius 2 is 2.04 bits per heavy atom. The highest BCUT2D eigenvalue weighted by atomic mass is 15.3. The van der Waals surface area contributed by atoms with Gasteiger partial charge in [-0.2, -0.15) is 5.10 Å². The number of nitrogens with one attached hydrogen (secondary N) is 1. The number of nitrogens with zero attached hydrogens (tertiary/aromatic N) is 5. The second-order valence-electron chi connectivity index (χ2n) is 8.01. The molecule has 4 rings (SSSR count). The molecular formula is C22H32N6. The second-order valence-corrected chi connectivity index (χ2v) is 8.01. The summed E-state index contributed by atoms with van der Waals surface area (Å²) in [5, 5.41) is 7.78. The van der Waals surface area contributed by atoms with Gasteiger partial charge in [-0.3, -0.25) is 14.6 Å². The van der Waals surface area contributed by atoms with Crippen molar-refractivity contribution in [1.29, 1.82) is 0 Å². The molecule has 0 bridgehead atoms. The van der Waals surface area contributed by atoms with Gasteiger partial charge in [0.1, 0.15) is 0 Å². The number of guanidine groups is 1. The van der Waals surface area contributed by atoms with E-state index in [1.807, 2.05) is 25.0 Å². The third-order valence-electron chi connectivity index (χ3n) is 6.27. The molecule has 3 heterocycles. The summed E-state index contributed by atoms with van der Waals surface area (Å²) >= 11 is 0. The fraction of sp³-hybridized carbons (Fsp3) is 0.545. The van der Waals surface area contributed by atoms with Gasteiger partial charge >= 0.3 is 0 Å². The lowest BCUT2D eigenvalue weighted by molar-refractivity contribution is 0.0372. The molecule has 0 amide bonds. The van der Waals surface area contributed by atoms with Gasteiger partial charge in [0, 0.05) is 46.0 Å². The zero-order valence-corrected chi connectivity index (χ0v) is 17.1. The van der Waals surface area contributed by atoms with Crippen molar-refractivity contribution >= 4 is 5.96 Å².